The lowest BCUT2D eigenvalue weighted by atomic mass is 9.33. The molecular formula is C64H61BN2O6. The molecule has 4 aliphatic heterocycles. The Balaban J connectivity index is 1.22. The van der Waals surface area contributed by atoms with Crippen molar-refractivity contribution < 1.29 is 27.8 Å². The Labute approximate surface area is 428 Å². The lowest BCUT2D eigenvalue weighted by Gasteiger charge is -2.42. The molecule has 0 radical (unpaired) electrons. The molecule has 9 heteroatoms. The zero-order valence-corrected chi connectivity index (χ0v) is 43.4. The second kappa shape index (κ2) is 16.5. The summed E-state index contributed by atoms with van der Waals surface area (Å²) in [6, 6.07) is 48.4. The van der Waals surface area contributed by atoms with Gasteiger partial charge in [0.05, 0.1) is 37.8 Å². The van der Waals surface area contributed by atoms with Crippen molar-refractivity contribution in [1.82, 2.24) is 0 Å². The van der Waals surface area contributed by atoms with Crippen LogP contribution in [0.5, 0.6) is 23.0 Å². The van der Waals surface area contributed by atoms with Crippen molar-refractivity contribution in [2.24, 2.45) is 0 Å². The van der Waals surface area contributed by atoms with Gasteiger partial charge in [-0.1, -0.05) is 135 Å². The number of furan rings is 2. The number of hydrogen-bond donors (Lipinski definition) is 0. The molecule has 8 nitrogen and oxygen atoms in total. The minimum absolute atomic E-state index is 0.129. The van der Waals surface area contributed by atoms with E-state index < -0.39 is 0 Å². The van der Waals surface area contributed by atoms with E-state index >= 15 is 0 Å². The van der Waals surface area contributed by atoms with Gasteiger partial charge in [0.2, 0.25) is 11.8 Å². The fourth-order valence-corrected chi connectivity index (χ4v) is 11.3. The predicted molar refractivity (Wildman–Crippen MR) is 298 cm³/mol. The molecule has 0 unspecified atom stereocenters. The fourth-order valence-electron chi connectivity index (χ4n) is 11.3. The molecule has 0 fully saturated rings. The molecule has 0 aliphatic carbocycles. The molecule has 0 saturated heterocycles. The van der Waals surface area contributed by atoms with E-state index in [1.807, 2.05) is 0 Å². The summed E-state index contributed by atoms with van der Waals surface area (Å²) in [5.41, 5.74) is 16.1. The SMILES string of the molecule is CC(C)(C)c1cc2c3c(c1)N(c1cc4c(cc1-c1ccccc1)OCCCO4)c1oc4ccc(C(C)(C)C)cc4c1B3c1c(oc3ccc(C(C)(C)C)cc13)N2c1cc2c(cc1-c1ccccc1)OCCCO2. The van der Waals surface area contributed by atoms with Crippen molar-refractivity contribution >= 4 is 79.6 Å². The number of rotatable bonds is 4. The highest BCUT2D eigenvalue weighted by Gasteiger charge is 2.50. The van der Waals surface area contributed by atoms with Crippen molar-refractivity contribution in [3.8, 4) is 45.3 Å². The molecule has 0 spiro atoms. The topological polar surface area (TPSA) is 69.7 Å². The molecule has 366 valence electrons. The molecule has 9 aromatic rings. The van der Waals surface area contributed by atoms with Crippen LogP contribution in [-0.4, -0.2) is 33.1 Å². The highest BCUT2D eigenvalue weighted by molar-refractivity contribution is 7.02. The Hall–Kier alpha value is -7.52. The zero-order chi connectivity index (χ0) is 50.1. The van der Waals surface area contributed by atoms with E-state index in [2.05, 4.69) is 206 Å². The van der Waals surface area contributed by atoms with Crippen LogP contribution in [0.1, 0.15) is 91.8 Å². The standard InChI is InChI=1S/C64H61BN2O6/c1-62(2,3)40-22-24-51-45(30-40)57-60(72-51)66(47-36-55-53(68-26-16-28-70-55)34-43(47)38-18-12-10-13-19-38)49-32-42(64(7,8)9)33-50-59(49)65(57)58-46-31-41(63(4,5)6)23-25-52(46)73-61(58)67(50)48-37-56-54(69-27-17-29-71-56)35-44(48)39-20-14-11-15-21-39/h10-15,18-25,30-37H,16-17,26-29H2,1-9H3. The summed E-state index contributed by atoms with van der Waals surface area (Å²) in [5.74, 6) is 4.42. The lowest BCUT2D eigenvalue weighted by molar-refractivity contribution is 0.296. The average molecular weight is 965 g/mol. The van der Waals surface area contributed by atoms with E-state index in [1.54, 1.807) is 0 Å². The summed E-state index contributed by atoms with van der Waals surface area (Å²) >= 11 is 0. The number of ether oxygens (including phenoxy) is 4. The van der Waals surface area contributed by atoms with Crippen LogP contribution in [0.3, 0.4) is 0 Å². The summed E-state index contributed by atoms with van der Waals surface area (Å²) in [6.45, 7) is 22.6. The van der Waals surface area contributed by atoms with Crippen LogP contribution in [0.25, 0.3) is 44.2 Å². The van der Waals surface area contributed by atoms with Crippen LogP contribution in [0.4, 0.5) is 34.5 Å². The first-order chi connectivity index (χ1) is 35.1. The maximum Gasteiger partial charge on any atom is 0.262 e. The summed E-state index contributed by atoms with van der Waals surface area (Å²) in [7, 11) is 0. The quantitative estimate of drug-likeness (QED) is 0.162. The van der Waals surface area contributed by atoms with Gasteiger partial charge in [-0.15, -0.1) is 0 Å². The Bertz CT molecular complexity index is 3440. The Morgan fingerprint density at radius 1 is 0.384 bits per heavy atom. The maximum absolute atomic E-state index is 7.49. The van der Waals surface area contributed by atoms with Crippen molar-refractivity contribution in [1.29, 1.82) is 0 Å². The van der Waals surface area contributed by atoms with Gasteiger partial charge in [0, 0.05) is 69.2 Å². The maximum atomic E-state index is 7.49. The first-order valence-electron chi connectivity index (χ1n) is 26.0. The third-order valence-corrected chi connectivity index (χ3v) is 15.3. The molecule has 0 saturated carbocycles. The smallest absolute Gasteiger partial charge is 0.262 e. The molecule has 0 atom stereocenters. The van der Waals surface area contributed by atoms with Crippen LogP contribution in [0.2, 0.25) is 0 Å². The monoisotopic (exact) mass is 964 g/mol. The number of hydrogen-bond acceptors (Lipinski definition) is 8. The van der Waals surface area contributed by atoms with Crippen LogP contribution < -0.4 is 45.1 Å². The summed E-state index contributed by atoms with van der Waals surface area (Å²) in [5, 5.41) is 2.15. The average Bonchev–Trinajstić information content (AvgIpc) is 3.74. The third kappa shape index (κ3) is 7.40. The van der Waals surface area contributed by atoms with Gasteiger partial charge in [-0.2, -0.15) is 0 Å². The highest BCUT2D eigenvalue weighted by Crippen LogP contribution is 2.54. The highest BCUT2D eigenvalue weighted by atomic mass is 16.5. The van der Waals surface area contributed by atoms with Gasteiger partial charge in [-0.3, -0.25) is 9.80 Å². The van der Waals surface area contributed by atoms with Crippen LogP contribution in [0.15, 0.2) is 142 Å². The van der Waals surface area contributed by atoms with Crippen LogP contribution in [0, 0.1) is 0 Å². The van der Waals surface area contributed by atoms with Gasteiger partial charge in [-0.25, -0.2) is 0 Å². The Morgan fingerprint density at radius 3 is 1.15 bits per heavy atom. The van der Waals surface area contributed by atoms with Gasteiger partial charge >= 0.3 is 0 Å². The van der Waals surface area contributed by atoms with Crippen LogP contribution in [-0.2, 0) is 16.2 Å². The summed E-state index contributed by atoms with van der Waals surface area (Å²) < 4.78 is 41.1. The fraction of sp³-hybridized carbons (Fsp3) is 0.281. The van der Waals surface area contributed by atoms with Crippen molar-refractivity contribution in [3.05, 3.63) is 150 Å². The van der Waals surface area contributed by atoms with Crippen molar-refractivity contribution in [2.45, 2.75) is 91.4 Å². The second-order valence-corrected chi connectivity index (χ2v) is 23.3. The van der Waals surface area contributed by atoms with Crippen molar-refractivity contribution in [3.63, 3.8) is 0 Å². The van der Waals surface area contributed by atoms with E-state index in [-0.39, 0.29) is 23.0 Å². The third-order valence-electron chi connectivity index (χ3n) is 15.3. The van der Waals surface area contributed by atoms with Gasteiger partial charge in [0.15, 0.2) is 23.0 Å². The predicted octanol–water partition coefficient (Wildman–Crippen LogP) is 14.8. The Morgan fingerprint density at radius 2 is 0.767 bits per heavy atom. The van der Waals surface area contributed by atoms with E-state index in [0.29, 0.717) is 37.9 Å². The van der Waals surface area contributed by atoms with E-state index in [9.17, 15) is 0 Å². The number of nitrogens with zero attached hydrogens (tertiary/aromatic N) is 2. The number of benzene rings is 7. The van der Waals surface area contributed by atoms with E-state index in [4.69, 9.17) is 27.8 Å². The number of fused-ring (bicyclic) bond motifs is 10. The second-order valence-electron chi connectivity index (χ2n) is 23.3. The first-order valence-corrected chi connectivity index (χ1v) is 26.0. The van der Waals surface area contributed by atoms with Gasteiger partial charge in [-0.05, 0) is 98.1 Å². The zero-order valence-electron chi connectivity index (χ0n) is 43.4. The van der Waals surface area contributed by atoms with Gasteiger partial charge in [0.1, 0.15) is 11.2 Å². The molecule has 73 heavy (non-hydrogen) atoms. The largest absolute Gasteiger partial charge is 0.490 e. The molecule has 6 heterocycles. The Kier molecular flexibility index (Phi) is 10.3. The molecule has 0 amide bonds. The molecule has 0 N–H and O–H groups in total. The molecule has 2 aromatic heterocycles. The van der Waals surface area contributed by atoms with E-state index in [0.717, 1.165) is 125 Å². The molecule has 4 aliphatic rings. The minimum atomic E-state index is -0.314. The first kappa shape index (κ1) is 45.4. The van der Waals surface area contributed by atoms with E-state index in [1.165, 1.54) is 11.1 Å². The molecule has 13 rings (SSSR count). The van der Waals surface area contributed by atoms with Gasteiger partial charge in [0.25, 0.3) is 6.71 Å². The molecular weight excluding hydrogens is 904 g/mol. The van der Waals surface area contributed by atoms with Gasteiger partial charge < -0.3 is 27.8 Å². The molecule has 7 aromatic carbocycles. The van der Waals surface area contributed by atoms with Crippen LogP contribution >= 0.6 is 0 Å². The van der Waals surface area contributed by atoms with Crippen molar-refractivity contribution in [2.75, 3.05) is 36.2 Å². The lowest BCUT2D eigenvalue weighted by Crippen LogP contribution is -2.61. The summed E-state index contributed by atoms with van der Waals surface area (Å²) in [6.07, 6.45) is 1.58. The molecule has 0 bridgehead atoms. The summed E-state index contributed by atoms with van der Waals surface area (Å²) in [4.78, 5) is 4.79. The minimum Gasteiger partial charge on any atom is -0.490 e. The normalized spacial score (nSPS) is 15.2. The number of anilines is 6.